The molecule has 1 aromatic carbocycles. The Morgan fingerprint density at radius 2 is 1.73 bits per heavy atom. The molecule has 3 atom stereocenters. The van der Waals surface area contributed by atoms with Crippen molar-refractivity contribution in [1.82, 2.24) is 10.2 Å². The van der Waals surface area contributed by atoms with Gasteiger partial charge >= 0.3 is 18.2 Å². The fourth-order valence-corrected chi connectivity index (χ4v) is 3.36. The lowest BCUT2D eigenvalue weighted by atomic mass is 9.81. The van der Waals surface area contributed by atoms with Crippen molar-refractivity contribution in [2.45, 2.75) is 24.9 Å². The number of halogens is 3. The van der Waals surface area contributed by atoms with Gasteiger partial charge < -0.3 is 29.4 Å². The average molecular weight is 436 g/mol. The molecule has 12 heteroatoms. The number of urea groups is 1. The summed E-state index contributed by atoms with van der Waals surface area (Å²) in [5.74, 6) is -3.27. The molecule has 1 fully saturated rings. The van der Waals surface area contributed by atoms with E-state index in [1.807, 2.05) is 0 Å². The SMILES string of the molecule is CCOC(=O)[C@H]1[C@@H](c2cc(OC)c(OC)c(OC)c2)NC(=O)N(C)[C@@]1(O)C(F)(F)F. The predicted octanol–water partition coefficient (Wildman–Crippen LogP) is 1.84. The molecule has 9 nitrogen and oxygen atoms in total. The van der Waals surface area contributed by atoms with Crippen LogP contribution >= 0.6 is 0 Å². The molecule has 0 bridgehead atoms. The number of nitrogens with one attached hydrogen (secondary N) is 1. The van der Waals surface area contributed by atoms with Gasteiger partial charge in [0.1, 0.15) is 5.92 Å². The van der Waals surface area contributed by atoms with E-state index >= 15 is 0 Å². The van der Waals surface area contributed by atoms with Gasteiger partial charge in [-0.15, -0.1) is 0 Å². The smallest absolute Gasteiger partial charge is 0.437 e. The Bertz CT molecular complexity index is 792. The maximum Gasteiger partial charge on any atom is 0.437 e. The normalized spacial score (nSPS) is 24.2. The van der Waals surface area contributed by atoms with Crippen LogP contribution in [0.3, 0.4) is 0 Å². The summed E-state index contributed by atoms with van der Waals surface area (Å²) in [7, 11) is 4.66. The van der Waals surface area contributed by atoms with E-state index in [0.717, 1.165) is 7.05 Å². The molecule has 2 amide bonds. The number of aliphatic hydroxyl groups is 1. The highest BCUT2D eigenvalue weighted by Gasteiger charge is 2.69. The van der Waals surface area contributed by atoms with Crippen molar-refractivity contribution in [1.29, 1.82) is 0 Å². The van der Waals surface area contributed by atoms with Crippen molar-refractivity contribution in [3.05, 3.63) is 17.7 Å². The molecule has 1 aliphatic rings. The van der Waals surface area contributed by atoms with Crippen molar-refractivity contribution in [2.75, 3.05) is 35.0 Å². The Balaban J connectivity index is 2.75. The van der Waals surface area contributed by atoms with Gasteiger partial charge in [0.2, 0.25) is 5.75 Å². The van der Waals surface area contributed by atoms with Gasteiger partial charge in [-0.1, -0.05) is 0 Å². The zero-order chi connectivity index (χ0) is 22.9. The molecule has 30 heavy (non-hydrogen) atoms. The molecule has 0 aromatic heterocycles. The third-order valence-corrected chi connectivity index (χ3v) is 4.87. The summed E-state index contributed by atoms with van der Waals surface area (Å²) < 4.78 is 62.2. The van der Waals surface area contributed by atoms with Gasteiger partial charge in [-0.2, -0.15) is 13.2 Å². The minimum absolute atomic E-state index is 0.00618. The Kier molecular flexibility index (Phi) is 6.60. The summed E-state index contributed by atoms with van der Waals surface area (Å²) >= 11 is 0. The second-order valence-electron chi connectivity index (χ2n) is 6.40. The summed E-state index contributed by atoms with van der Waals surface area (Å²) in [4.78, 5) is 24.9. The molecule has 2 rings (SSSR count). The Hall–Kier alpha value is -2.89. The van der Waals surface area contributed by atoms with E-state index in [1.165, 1.54) is 40.4 Å². The minimum atomic E-state index is -5.37. The van der Waals surface area contributed by atoms with Crippen molar-refractivity contribution in [3.63, 3.8) is 0 Å². The van der Waals surface area contributed by atoms with E-state index in [4.69, 9.17) is 18.9 Å². The molecular weight excluding hydrogens is 413 g/mol. The lowest BCUT2D eigenvalue weighted by Crippen LogP contribution is -2.73. The molecule has 168 valence electrons. The second-order valence-corrected chi connectivity index (χ2v) is 6.40. The Morgan fingerprint density at radius 1 is 1.20 bits per heavy atom. The third kappa shape index (κ3) is 3.66. The molecule has 1 saturated heterocycles. The van der Waals surface area contributed by atoms with Gasteiger partial charge in [0.25, 0.3) is 5.72 Å². The van der Waals surface area contributed by atoms with Crippen LogP contribution in [-0.2, 0) is 9.53 Å². The van der Waals surface area contributed by atoms with Gasteiger partial charge in [0.05, 0.1) is 34.0 Å². The van der Waals surface area contributed by atoms with E-state index in [0.29, 0.717) is 0 Å². The van der Waals surface area contributed by atoms with Crippen LogP contribution in [0, 0.1) is 5.92 Å². The number of nitrogens with zero attached hydrogens (tertiary/aromatic N) is 1. The standard InChI is InChI=1S/C18H23F3N2O7/c1-6-30-15(24)12-13(22-16(25)23(2)17(12,26)18(19,20)21)9-7-10(27-3)14(29-5)11(8-9)28-4/h7-8,12-13,26H,6H2,1-5H3,(H,22,25)/t12-,13-,17+/m1/s1. The highest BCUT2D eigenvalue weighted by atomic mass is 19.4. The molecule has 0 unspecified atom stereocenters. The van der Waals surface area contributed by atoms with E-state index < -0.39 is 35.9 Å². The van der Waals surface area contributed by atoms with Crippen LogP contribution in [0.25, 0.3) is 0 Å². The first-order valence-corrected chi connectivity index (χ1v) is 8.77. The summed E-state index contributed by atoms with van der Waals surface area (Å²) in [5.41, 5.74) is -3.82. The first-order valence-electron chi connectivity index (χ1n) is 8.77. The summed E-state index contributed by atoms with van der Waals surface area (Å²) in [5, 5.41) is 13.0. The molecule has 0 aliphatic carbocycles. The van der Waals surface area contributed by atoms with Crippen LogP contribution in [0.15, 0.2) is 12.1 Å². The largest absolute Gasteiger partial charge is 0.493 e. The number of alkyl halides is 3. The Labute approximate surface area is 170 Å². The van der Waals surface area contributed by atoms with Gasteiger partial charge in [-0.3, -0.25) is 9.69 Å². The Morgan fingerprint density at radius 3 is 2.13 bits per heavy atom. The monoisotopic (exact) mass is 436 g/mol. The highest BCUT2D eigenvalue weighted by molar-refractivity contribution is 5.83. The maximum atomic E-state index is 13.9. The molecule has 2 N–H and O–H groups in total. The number of hydrogen-bond donors (Lipinski definition) is 2. The minimum Gasteiger partial charge on any atom is -0.493 e. The second kappa shape index (κ2) is 8.46. The lowest BCUT2D eigenvalue weighted by Gasteiger charge is -2.49. The van der Waals surface area contributed by atoms with Crippen molar-refractivity contribution < 1.29 is 46.8 Å². The first kappa shape index (κ1) is 23.4. The molecule has 0 saturated carbocycles. The van der Waals surface area contributed by atoms with Crippen molar-refractivity contribution in [2.24, 2.45) is 5.92 Å². The number of esters is 1. The van der Waals surface area contributed by atoms with Gasteiger partial charge in [0, 0.05) is 7.05 Å². The summed E-state index contributed by atoms with van der Waals surface area (Å²) in [6.07, 6.45) is -5.37. The van der Waals surface area contributed by atoms with Crippen LogP contribution in [0.1, 0.15) is 18.5 Å². The van der Waals surface area contributed by atoms with E-state index in [1.54, 1.807) is 0 Å². The summed E-state index contributed by atoms with van der Waals surface area (Å²) in [6, 6.07) is -0.302. The van der Waals surface area contributed by atoms with E-state index in [2.05, 4.69) is 5.32 Å². The number of rotatable bonds is 6. The number of amides is 2. The van der Waals surface area contributed by atoms with Gasteiger partial charge in [-0.25, -0.2) is 4.79 Å². The lowest BCUT2D eigenvalue weighted by molar-refractivity contribution is -0.328. The summed E-state index contributed by atoms with van der Waals surface area (Å²) in [6.45, 7) is 1.17. The topological polar surface area (TPSA) is 107 Å². The maximum absolute atomic E-state index is 13.9. The number of carbonyl (C=O) groups is 2. The fraction of sp³-hybridized carbons (Fsp3) is 0.556. The number of hydrogen-bond acceptors (Lipinski definition) is 7. The molecule has 0 spiro atoms. The number of carbonyl (C=O) groups excluding carboxylic acids is 2. The molecule has 0 radical (unpaired) electrons. The van der Waals surface area contributed by atoms with Crippen LogP contribution in [0.4, 0.5) is 18.0 Å². The molecule has 1 heterocycles. The van der Waals surface area contributed by atoms with Crippen LogP contribution in [-0.4, -0.2) is 68.9 Å². The molecule has 1 aromatic rings. The molecule has 1 aliphatic heterocycles. The average Bonchev–Trinajstić information content (AvgIpc) is 2.69. The van der Waals surface area contributed by atoms with Crippen molar-refractivity contribution >= 4 is 12.0 Å². The zero-order valence-electron chi connectivity index (χ0n) is 17.0. The number of benzene rings is 1. The number of methoxy groups -OCH3 is 3. The van der Waals surface area contributed by atoms with Crippen LogP contribution < -0.4 is 19.5 Å². The van der Waals surface area contributed by atoms with Crippen LogP contribution in [0.5, 0.6) is 17.2 Å². The highest BCUT2D eigenvalue weighted by Crippen LogP contribution is 2.49. The van der Waals surface area contributed by atoms with E-state index in [9.17, 15) is 27.9 Å². The predicted molar refractivity (Wildman–Crippen MR) is 96.3 cm³/mol. The van der Waals surface area contributed by atoms with Crippen molar-refractivity contribution in [3.8, 4) is 17.2 Å². The van der Waals surface area contributed by atoms with Crippen LogP contribution in [0.2, 0.25) is 0 Å². The van der Waals surface area contributed by atoms with Gasteiger partial charge in [0.15, 0.2) is 11.5 Å². The number of ether oxygens (including phenoxy) is 4. The first-order chi connectivity index (χ1) is 14.0. The fourth-order valence-electron chi connectivity index (χ4n) is 3.36. The zero-order valence-corrected chi connectivity index (χ0v) is 17.0. The third-order valence-electron chi connectivity index (χ3n) is 4.87. The van der Waals surface area contributed by atoms with E-state index in [-0.39, 0.29) is 34.3 Å². The van der Waals surface area contributed by atoms with Gasteiger partial charge in [-0.05, 0) is 24.6 Å². The molecular formula is C18H23F3N2O7. The quantitative estimate of drug-likeness (QED) is 0.656.